The van der Waals surface area contributed by atoms with Crippen molar-refractivity contribution in [1.29, 1.82) is 0 Å². The molecule has 114 valence electrons. The van der Waals surface area contributed by atoms with Crippen molar-refractivity contribution in [2.24, 2.45) is 5.92 Å². The summed E-state index contributed by atoms with van der Waals surface area (Å²) < 4.78 is 5.05. The Morgan fingerprint density at radius 2 is 2.10 bits per heavy atom. The van der Waals surface area contributed by atoms with Gasteiger partial charge < -0.3 is 15.8 Å². The molecule has 1 heterocycles. The summed E-state index contributed by atoms with van der Waals surface area (Å²) in [5, 5.41) is 4.49. The predicted molar refractivity (Wildman–Crippen MR) is 89.0 cm³/mol. The van der Waals surface area contributed by atoms with Crippen LogP contribution < -0.4 is 11.1 Å². The number of rotatable bonds is 7. The molecule has 4 nitrogen and oxygen atoms in total. The lowest BCUT2D eigenvalue weighted by atomic mass is 10.0. The Bertz CT molecular complexity index is 458. The second kappa shape index (κ2) is 7.78. The smallest absolute Gasteiger partial charge is 0.350 e. The molecule has 0 aromatic carbocycles. The van der Waals surface area contributed by atoms with Crippen LogP contribution in [0.3, 0.4) is 0 Å². The zero-order valence-corrected chi connectivity index (χ0v) is 14.4. The summed E-state index contributed by atoms with van der Waals surface area (Å²) in [6, 6.07) is 0.369. The number of carbonyl (C=O) groups excluding carboxylic acids is 1. The van der Waals surface area contributed by atoms with E-state index in [2.05, 4.69) is 26.1 Å². The van der Waals surface area contributed by atoms with Crippen LogP contribution in [0, 0.1) is 5.92 Å². The van der Waals surface area contributed by atoms with Crippen LogP contribution in [0.2, 0.25) is 0 Å². The van der Waals surface area contributed by atoms with Crippen LogP contribution in [-0.2, 0) is 4.74 Å². The number of thioether (sulfide) groups is 1. The normalized spacial score (nSPS) is 12.5. The Kier molecular flexibility index (Phi) is 6.68. The van der Waals surface area contributed by atoms with E-state index in [1.54, 1.807) is 18.7 Å². The standard InChI is InChI=1S/C14H24N2O2S2/c1-6-9(8(3)4)16-13-11(19-5)10(15)12(20-13)14(17)18-7-2/h8-9,16H,6-7,15H2,1-5H3. The minimum atomic E-state index is -0.337. The predicted octanol–water partition coefficient (Wildman–Crippen LogP) is 4.08. The Labute approximate surface area is 129 Å². The molecule has 1 aromatic rings. The maximum Gasteiger partial charge on any atom is 0.350 e. The number of hydrogen-bond acceptors (Lipinski definition) is 6. The number of carbonyl (C=O) groups is 1. The summed E-state index contributed by atoms with van der Waals surface area (Å²) >= 11 is 2.95. The van der Waals surface area contributed by atoms with Gasteiger partial charge in [-0.25, -0.2) is 4.79 Å². The van der Waals surface area contributed by atoms with Crippen molar-refractivity contribution in [1.82, 2.24) is 0 Å². The van der Waals surface area contributed by atoms with E-state index in [4.69, 9.17) is 10.5 Å². The average Bonchev–Trinajstić information content (AvgIpc) is 2.72. The monoisotopic (exact) mass is 316 g/mol. The van der Waals surface area contributed by atoms with Gasteiger partial charge in [-0.05, 0) is 25.5 Å². The fourth-order valence-electron chi connectivity index (χ4n) is 1.98. The molecule has 0 radical (unpaired) electrons. The number of anilines is 2. The molecule has 1 unspecified atom stereocenters. The van der Waals surface area contributed by atoms with Gasteiger partial charge in [-0.1, -0.05) is 20.8 Å². The van der Waals surface area contributed by atoms with Crippen LogP contribution in [0.4, 0.5) is 10.7 Å². The molecule has 0 bridgehead atoms. The maximum absolute atomic E-state index is 11.9. The molecule has 1 atom stereocenters. The third kappa shape index (κ3) is 3.82. The van der Waals surface area contributed by atoms with Crippen molar-refractivity contribution in [3.8, 4) is 0 Å². The van der Waals surface area contributed by atoms with Gasteiger partial charge in [-0.3, -0.25) is 0 Å². The van der Waals surface area contributed by atoms with Gasteiger partial charge in [0.2, 0.25) is 0 Å². The summed E-state index contributed by atoms with van der Waals surface area (Å²) in [7, 11) is 0. The molecule has 1 aromatic heterocycles. The summed E-state index contributed by atoms with van der Waals surface area (Å²) in [6.45, 7) is 8.67. The van der Waals surface area contributed by atoms with E-state index in [0.29, 0.717) is 29.1 Å². The number of nitrogens with one attached hydrogen (secondary N) is 1. The van der Waals surface area contributed by atoms with Gasteiger partial charge in [0.25, 0.3) is 0 Å². The number of thiophene rings is 1. The van der Waals surface area contributed by atoms with E-state index in [1.807, 2.05) is 6.26 Å². The lowest BCUT2D eigenvalue weighted by molar-refractivity contribution is 0.0533. The summed E-state index contributed by atoms with van der Waals surface area (Å²) in [6.07, 6.45) is 2.99. The van der Waals surface area contributed by atoms with Gasteiger partial charge in [-0.15, -0.1) is 23.1 Å². The summed E-state index contributed by atoms with van der Waals surface area (Å²) in [4.78, 5) is 13.3. The van der Waals surface area contributed by atoms with Gasteiger partial charge in [0.15, 0.2) is 0 Å². The van der Waals surface area contributed by atoms with Crippen LogP contribution in [0.25, 0.3) is 0 Å². The number of nitrogens with two attached hydrogens (primary N) is 1. The topological polar surface area (TPSA) is 64.3 Å². The number of nitrogen functional groups attached to an aromatic ring is 1. The van der Waals surface area contributed by atoms with Crippen LogP contribution >= 0.6 is 23.1 Å². The fraction of sp³-hybridized carbons (Fsp3) is 0.643. The molecule has 20 heavy (non-hydrogen) atoms. The molecule has 0 aliphatic carbocycles. The molecule has 1 rings (SSSR count). The zero-order chi connectivity index (χ0) is 15.3. The molecule has 0 saturated heterocycles. The number of hydrogen-bond donors (Lipinski definition) is 2. The first kappa shape index (κ1) is 17.2. The van der Waals surface area contributed by atoms with Gasteiger partial charge in [-0.2, -0.15) is 0 Å². The number of ether oxygens (including phenoxy) is 1. The molecule has 6 heteroatoms. The van der Waals surface area contributed by atoms with Crippen molar-refractivity contribution in [2.75, 3.05) is 23.9 Å². The lowest BCUT2D eigenvalue weighted by Gasteiger charge is -2.21. The maximum atomic E-state index is 11.9. The Hall–Kier alpha value is -0.880. The molecule has 0 aliphatic rings. The second-order valence-electron chi connectivity index (χ2n) is 4.83. The molecule has 0 saturated carbocycles. The van der Waals surface area contributed by atoms with Crippen molar-refractivity contribution in [2.45, 2.75) is 45.1 Å². The van der Waals surface area contributed by atoms with Crippen LogP contribution in [-0.4, -0.2) is 24.9 Å². The number of esters is 1. The van der Waals surface area contributed by atoms with Crippen LogP contribution in [0.15, 0.2) is 4.90 Å². The summed E-state index contributed by atoms with van der Waals surface area (Å²) in [5.41, 5.74) is 6.62. The first-order valence-electron chi connectivity index (χ1n) is 6.86. The third-order valence-corrected chi connectivity index (χ3v) is 5.20. The van der Waals surface area contributed by atoms with Gasteiger partial charge in [0.1, 0.15) is 9.88 Å². The quantitative estimate of drug-likeness (QED) is 0.586. The fourth-order valence-corrected chi connectivity index (χ4v) is 3.96. The van der Waals surface area contributed by atoms with E-state index in [1.165, 1.54) is 11.3 Å². The Morgan fingerprint density at radius 3 is 2.55 bits per heavy atom. The average molecular weight is 316 g/mol. The molecule has 0 aliphatic heterocycles. The van der Waals surface area contributed by atoms with E-state index in [0.717, 1.165) is 16.3 Å². The largest absolute Gasteiger partial charge is 0.462 e. The van der Waals surface area contributed by atoms with Crippen molar-refractivity contribution in [3.63, 3.8) is 0 Å². The summed E-state index contributed by atoms with van der Waals surface area (Å²) in [5.74, 6) is 0.181. The molecular formula is C14H24N2O2S2. The van der Waals surface area contributed by atoms with Gasteiger partial charge in [0, 0.05) is 6.04 Å². The molecule has 0 spiro atoms. The van der Waals surface area contributed by atoms with E-state index in [9.17, 15) is 4.79 Å². The SMILES string of the molecule is CCOC(=O)c1sc(NC(CC)C(C)C)c(SC)c1N. The lowest BCUT2D eigenvalue weighted by Crippen LogP contribution is -2.24. The van der Waals surface area contributed by atoms with E-state index in [-0.39, 0.29) is 5.97 Å². The van der Waals surface area contributed by atoms with Crippen LogP contribution in [0.1, 0.15) is 43.8 Å². The third-order valence-electron chi connectivity index (χ3n) is 3.13. The van der Waals surface area contributed by atoms with Crippen molar-refractivity contribution < 1.29 is 9.53 Å². The first-order valence-corrected chi connectivity index (χ1v) is 8.90. The first-order chi connectivity index (χ1) is 9.46. The highest BCUT2D eigenvalue weighted by atomic mass is 32.2. The Morgan fingerprint density at radius 1 is 1.45 bits per heavy atom. The molecule has 0 fully saturated rings. The van der Waals surface area contributed by atoms with Crippen LogP contribution in [0.5, 0.6) is 0 Å². The van der Waals surface area contributed by atoms with Crippen molar-refractivity contribution >= 4 is 39.8 Å². The van der Waals surface area contributed by atoms with E-state index >= 15 is 0 Å². The highest BCUT2D eigenvalue weighted by Gasteiger charge is 2.23. The van der Waals surface area contributed by atoms with Gasteiger partial charge in [0.05, 0.1) is 17.2 Å². The second-order valence-corrected chi connectivity index (χ2v) is 6.67. The molecule has 3 N–H and O–H groups in total. The molecular weight excluding hydrogens is 292 g/mol. The highest BCUT2D eigenvalue weighted by molar-refractivity contribution is 7.99. The minimum absolute atomic E-state index is 0.337. The van der Waals surface area contributed by atoms with Crippen molar-refractivity contribution in [3.05, 3.63) is 4.88 Å². The van der Waals surface area contributed by atoms with Gasteiger partial charge >= 0.3 is 5.97 Å². The highest BCUT2D eigenvalue weighted by Crippen LogP contribution is 2.42. The molecule has 0 amide bonds. The zero-order valence-electron chi connectivity index (χ0n) is 12.8. The van der Waals surface area contributed by atoms with E-state index < -0.39 is 0 Å². The minimum Gasteiger partial charge on any atom is -0.462 e. The Balaban J connectivity index is 3.07.